The molecule has 0 aromatic heterocycles. The third kappa shape index (κ3) is 5.73. The number of hydrogen-bond acceptors (Lipinski definition) is 3. The first-order valence-corrected chi connectivity index (χ1v) is 12.8. The number of halogens is 3. The van der Waals surface area contributed by atoms with E-state index in [1.54, 1.807) is 12.1 Å². The van der Waals surface area contributed by atoms with E-state index in [1.165, 1.54) is 12.1 Å². The Morgan fingerprint density at radius 2 is 1.69 bits per heavy atom. The Hall–Kier alpha value is -2.51. The van der Waals surface area contributed by atoms with Crippen molar-refractivity contribution in [2.24, 2.45) is 5.92 Å². The van der Waals surface area contributed by atoms with Gasteiger partial charge in [0.25, 0.3) is 0 Å². The average molecular weight is 519 g/mol. The molecule has 2 aromatic carbocycles. The maximum absolute atomic E-state index is 14.8. The summed E-state index contributed by atoms with van der Waals surface area (Å²) >= 11 is 6.11. The molecule has 0 spiro atoms. The number of carboxylic acid groups (broad SMARTS) is 1. The fourth-order valence-electron chi connectivity index (χ4n) is 5.65. The van der Waals surface area contributed by atoms with Crippen LogP contribution in [-0.2, 0) is 16.0 Å². The van der Waals surface area contributed by atoms with E-state index in [9.17, 15) is 23.5 Å². The monoisotopic (exact) mass is 518 g/mol. The van der Waals surface area contributed by atoms with Crippen LogP contribution in [0.25, 0.3) is 0 Å². The lowest BCUT2D eigenvalue weighted by Gasteiger charge is -2.35. The second-order valence-corrected chi connectivity index (χ2v) is 11.4. The highest BCUT2D eigenvalue weighted by molar-refractivity contribution is 6.30. The van der Waals surface area contributed by atoms with E-state index in [-0.39, 0.29) is 29.7 Å². The SMILES string of the molecule is CC(C)(C)N1CC(C(=O)N2CCC(c3ccc(Cl)cc3CC(=O)O)CC2)C(c2ccc(F)cc2F)C1. The molecule has 8 heteroatoms. The summed E-state index contributed by atoms with van der Waals surface area (Å²) in [5, 5.41) is 9.81. The summed E-state index contributed by atoms with van der Waals surface area (Å²) in [5.74, 6) is -2.78. The molecule has 194 valence electrons. The van der Waals surface area contributed by atoms with Crippen molar-refractivity contribution < 1.29 is 23.5 Å². The van der Waals surface area contributed by atoms with E-state index in [0.717, 1.165) is 11.6 Å². The number of benzene rings is 2. The second-order valence-electron chi connectivity index (χ2n) is 11.0. The molecule has 0 radical (unpaired) electrons. The summed E-state index contributed by atoms with van der Waals surface area (Å²) in [4.78, 5) is 29.1. The number of carbonyl (C=O) groups excluding carboxylic acids is 1. The van der Waals surface area contributed by atoms with Crippen molar-refractivity contribution in [2.75, 3.05) is 26.2 Å². The molecule has 1 amide bonds. The van der Waals surface area contributed by atoms with Crippen molar-refractivity contribution in [1.82, 2.24) is 9.80 Å². The molecule has 2 aliphatic rings. The quantitative estimate of drug-likeness (QED) is 0.570. The van der Waals surface area contributed by atoms with Crippen molar-refractivity contribution in [3.63, 3.8) is 0 Å². The predicted molar refractivity (Wildman–Crippen MR) is 135 cm³/mol. The Labute approximate surface area is 216 Å². The average Bonchev–Trinajstić information content (AvgIpc) is 3.24. The molecular formula is C28H33ClF2N2O3. The van der Waals surface area contributed by atoms with Gasteiger partial charge in [0.2, 0.25) is 5.91 Å². The topological polar surface area (TPSA) is 60.9 Å². The predicted octanol–water partition coefficient (Wildman–Crippen LogP) is 5.47. The van der Waals surface area contributed by atoms with E-state index < -0.39 is 23.5 Å². The van der Waals surface area contributed by atoms with E-state index >= 15 is 0 Å². The van der Waals surface area contributed by atoms with Gasteiger partial charge in [-0.2, -0.15) is 0 Å². The molecule has 2 unspecified atom stereocenters. The maximum atomic E-state index is 14.8. The standard InChI is InChI=1S/C28H33ClF2N2O3/c1-28(2,3)33-15-23(22-7-5-20(30)14-25(22)31)24(16-33)27(36)32-10-8-17(9-11-32)21-6-4-19(29)12-18(21)13-26(34)35/h4-7,12,14,17,23-24H,8-11,13,15-16H2,1-3H3,(H,34,35). The van der Waals surface area contributed by atoms with Gasteiger partial charge in [0, 0.05) is 48.7 Å². The molecule has 2 fully saturated rings. The molecule has 4 rings (SSSR count). The fourth-order valence-corrected chi connectivity index (χ4v) is 5.85. The number of amides is 1. The molecular weight excluding hydrogens is 486 g/mol. The molecule has 2 aromatic rings. The fraction of sp³-hybridized carbons (Fsp3) is 0.500. The van der Waals surface area contributed by atoms with Gasteiger partial charge in [0.15, 0.2) is 0 Å². The van der Waals surface area contributed by atoms with Gasteiger partial charge in [0.05, 0.1) is 12.3 Å². The number of likely N-dealkylation sites (tertiary alicyclic amines) is 2. The van der Waals surface area contributed by atoms with Crippen molar-refractivity contribution in [1.29, 1.82) is 0 Å². The smallest absolute Gasteiger partial charge is 0.307 e. The number of rotatable bonds is 5. The van der Waals surface area contributed by atoms with Gasteiger partial charge in [-0.1, -0.05) is 23.7 Å². The first-order valence-electron chi connectivity index (χ1n) is 12.4. The number of piperidine rings is 1. The van der Waals surface area contributed by atoms with Gasteiger partial charge in [0.1, 0.15) is 11.6 Å². The molecule has 5 nitrogen and oxygen atoms in total. The number of carboxylic acids is 1. The van der Waals surface area contributed by atoms with E-state index in [0.29, 0.717) is 55.2 Å². The summed E-state index contributed by atoms with van der Waals surface area (Å²) in [6.45, 7) is 8.36. The first kappa shape index (κ1) is 26.6. The first-order chi connectivity index (χ1) is 16.9. The van der Waals surface area contributed by atoms with Gasteiger partial charge >= 0.3 is 5.97 Å². The summed E-state index contributed by atoms with van der Waals surface area (Å²) in [6, 6.07) is 9.01. The van der Waals surface area contributed by atoms with Crippen LogP contribution in [0.5, 0.6) is 0 Å². The molecule has 1 N–H and O–H groups in total. The Kier molecular flexibility index (Phi) is 7.72. The van der Waals surface area contributed by atoms with Crippen molar-refractivity contribution >= 4 is 23.5 Å². The lowest BCUT2D eigenvalue weighted by molar-refractivity contribution is -0.137. The molecule has 0 bridgehead atoms. The summed E-state index contributed by atoms with van der Waals surface area (Å²) in [6.07, 6.45) is 1.33. The van der Waals surface area contributed by atoms with Crippen LogP contribution in [0.15, 0.2) is 36.4 Å². The van der Waals surface area contributed by atoms with E-state index in [4.69, 9.17) is 11.6 Å². The van der Waals surface area contributed by atoms with E-state index in [1.807, 2.05) is 11.0 Å². The number of carbonyl (C=O) groups is 2. The van der Waals surface area contributed by atoms with Crippen molar-refractivity contribution in [3.05, 3.63) is 69.7 Å². The number of nitrogens with zero attached hydrogens (tertiary/aromatic N) is 2. The van der Waals surface area contributed by atoms with Gasteiger partial charge in [-0.25, -0.2) is 8.78 Å². The highest BCUT2D eigenvalue weighted by Gasteiger charge is 2.44. The molecule has 0 aliphatic carbocycles. The highest BCUT2D eigenvalue weighted by Crippen LogP contribution is 2.40. The molecule has 36 heavy (non-hydrogen) atoms. The van der Waals surface area contributed by atoms with Gasteiger partial charge in [-0.3, -0.25) is 14.5 Å². The van der Waals surface area contributed by atoms with Gasteiger partial charge < -0.3 is 10.0 Å². The molecule has 2 aliphatic heterocycles. The minimum atomic E-state index is -0.908. The third-order valence-electron chi connectivity index (χ3n) is 7.64. The third-order valence-corrected chi connectivity index (χ3v) is 7.88. The van der Waals surface area contributed by atoms with Gasteiger partial charge in [-0.15, -0.1) is 0 Å². The van der Waals surface area contributed by atoms with Crippen LogP contribution in [-0.4, -0.2) is 58.5 Å². The minimum Gasteiger partial charge on any atom is -0.481 e. The van der Waals surface area contributed by atoms with Crippen LogP contribution in [0.4, 0.5) is 8.78 Å². The van der Waals surface area contributed by atoms with Crippen LogP contribution < -0.4 is 0 Å². The largest absolute Gasteiger partial charge is 0.481 e. The number of aliphatic carboxylic acids is 1. The zero-order valence-electron chi connectivity index (χ0n) is 20.9. The molecule has 0 saturated carbocycles. The zero-order chi connectivity index (χ0) is 26.2. The van der Waals surface area contributed by atoms with Crippen LogP contribution in [0.1, 0.15) is 62.1 Å². The minimum absolute atomic E-state index is 0.00390. The maximum Gasteiger partial charge on any atom is 0.307 e. The summed E-state index contributed by atoms with van der Waals surface area (Å²) in [5.41, 5.74) is 1.88. The second kappa shape index (κ2) is 10.5. The van der Waals surface area contributed by atoms with Gasteiger partial charge in [-0.05, 0) is 74.4 Å². The highest BCUT2D eigenvalue weighted by atomic mass is 35.5. The van der Waals surface area contributed by atoms with E-state index in [2.05, 4.69) is 25.7 Å². The Morgan fingerprint density at radius 1 is 1.03 bits per heavy atom. The van der Waals surface area contributed by atoms with Crippen molar-refractivity contribution in [2.45, 2.75) is 57.4 Å². The van der Waals surface area contributed by atoms with Crippen LogP contribution >= 0.6 is 11.6 Å². The van der Waals surface area contributed by atoms with Crippen LogP contribution in [0.2, 0.25) is 5.02 Å². The Balaban J connectivity index is 1.51. The van der Waals surface area contributed by atoms with Crippen LogP contribution in [0.3, 0.4) is 0 Å². The van der Waals surface area contributed by atoms with Crippen molar-refractivity contribution in [3.8, 4) is 0 Å². The van der Waals surface area contributed by atoms with Crippen LogP contribution in [0, 0.1) is 17.6 Å². The molecule has 2 atom stereocenters. The zero-order valence-corrected chi connectivity index (χ0v) is 21.7. The lowest BCUT2D eigenvalue weighted by Crippen LogP contribution is -2.44. The lowest BCUT2D eigenvalue weighted by atomic mass is 9.84. The molecule has 2 heterocycles. The summed E-state index contributed by atoms with van der Waals surface area (Å²) < 4.78 is 28.3. The summed E-state index contributed by atoms with van der Waals surface area (Å²) in [7, 11) is 0. The normalized spacial score (nSPS) is 21.7. The Bertz CT molecular complexity index is 1140. The Morgan fingerprint density at radius 3 is 2.31 bits per heavy atom. The number of hydrogen-bond donors (Lipinski definition) is 1. The molecule has 2 saturated heterocycles.